The molecule has 0 spiro atoms. The van der Waals surface area contributed by atoms with Crippen LogP contribution in [0.25, 0.3) is 0 Å². The number of fused-ring (bicyclic) bond motifs is 1. The Balaban J connectivity index is 1.67. The smallest absolute Gasteiger partial charge is 0.302 e. The Hall–Kier alpha value is -3.48. The van der Waals surface area contributed by atoms with Crippen molar-refractivity contribution in [1.82, 2.24) is 15.0 Å². The van der Waals surface area contributed by atoms with E-state index in [2.05, 4.69) is 22.4 Å². The number of nitrogens with one attached hydrogen (secondary N) is 1. The first kappa shape index (κ1) is 21.7. The lowest BCUT2D eigenvalue weighted by atomic mass is 10.1. The molecule has 0 bridgehead atoms. The number of pyridine rings is 1. The summed E-state index contributed by atoms with van der Waals surface area (Å²) in [4.78, 5) is 25.6. The summed E-state index contributed by atoms with van der Waals surface area (Å²) >= 11 is 0. The van der Waals surface area contributed by atoms with Crippen molar-refractivity contribution in [3.63, 3.8) is 0 Å². The van der Waals surface area contributed by atoms with Crippen molar-refractivity contribution in [2.45, 2.75) is 59.1 Å². The van der Waals surface area contributed by atoms with Crippen LogP contribution >= 0.6 is 0 Å². The summed E-state index contributed by atoms with van der Waals surface area (Å²) in [6.45, 7) is 7.48. The van der Waals surface area contributed by atoms with Gasteiger partial charge < -0.3 is 14.8 Å². The zero-order valence-corrected chi connectivity index (χ0v) is 18.9. The number of nitrogens with zero attached hydrogens (tertiary/aromatic N) is 3. The summed E-state index contributed by atoms with van der Waals surface area (Å²) in [7, 11) is 0. The summed E-state index contributed by atoms with van der Waals surface area (Å²) in [6.07, 6.45) is 3.41. The molecule has 2 unspecified atom stereocenters. The number of carbonyl (C=O) groups excluding carboxylic acids is 1. The number of carbonyl (C=O) groups is 1. The quantitative estimate of drug-likeness (QED) is 0.540. The van der Waals surface area contributed by atoms with Crippen LogP contribution in [-0.2, 0) is 28.8 Å². The molecule has 32 heavy (non-hydrogen) atoms. The van der Waals surface area contributed by atoms with Gasteiger partial charge in [0.1, 0.15) is 17.6 Å². The number of aryl methyl sites for hydroxylation is 3. The molecule has 0 radical (unpaired) electrons. The summed E-state index contributed by atoms with van der Waals surface area (Å²) < 4.78 is 11.6. The molecule has 2 aromatic heterocycles. The van der Waals surface area contributed by atoms with Crippen molar-refractivity contribution >= 4 is 11.8 Å². The van der Waals surface area contributed by atoms with Crippen LogP contribution in [0, 0.1) is 6.92 Å². The van der Waals surface area contributed by atoms with E-state index in [0.29, 0.717) is 36.8 Å². The molecule has 2 atom stereocenters. The molecule has 0 saturated heterocycles. The fourth-order valence-corrected chi connectivity index (χ4v) is 4.02. The number of anilines is 1. The molecular formula is C25H28N4O3. The zero-order chi connectivity index (χ0) is 22.7. The van der Waals surface area contributed by atoms with Gasteiger partial charge in [-0.25, -0.2) is 15.0 Å². The van der Waals surface area contributed by atoms with Gasteiger partial charge in [-0.05, 0) is 42.5 Å². The molecule has 1 aliphatic carbocycles. The lowest BCUT2D eigenvalue weighted by Crippen LogP contribution is -2.27. The lowest BCUT2D eigenvalue weighted by Gasteiger charge is -2.24. The highest BCUT2D eigenvalue weighted by Gasteiger charge is 2.35. The molecule has 1 N–H and O–H groups in total. The van der Waals surface area contributed by atoms with E-state index in [1.54, 1.807) is 6.20 Å². The van der Waals surface area contributed by atoms with Crippen LogP contribution in [0.3, 0.4) is 0 Å². The van der Waals surface area contributed by atoms with Gasteiger partial charge in [-0.15, -0.1) is 0 Å². The Labute approximate surface area is 188 Å². The average Bonchev–Trinajstić information content (AvgIpc) is 3.10. The summed E-state index contributed by atoms with van der Waals surface area (Å²) in [5.41, 5.74) is 4.87. The zero-order valence-electron chi connectivity index (χ0n) is 18.9. The Morgan fingerprint density at radius 1 is 1.12 bits per heavy atom. The third-order valence-corrected chi connectivity index (χ3v) is 5.56. The maximum absolute atomic E-state index is 11.7. The van der Waals surface area contributed by atoms with Crippen molar-refractivity contribution < 1.29 is 14.3 Å². The van der Waals surface area contributed by atoms with Gasteiger partial charge in [0, 0.05) is 25.6 Å². The molecule has 0 aliphatic heterocycles. The molecule has 1 aromatic carbocycles. The Morgan fingerprint density at radius 3 is 2.62 bits per heavy atom. The second kappa shape index (κ2) is 9.34. The van der Waals surface area contributed by atoms with Crippen LogP contribution in [0.15, 0.2) is 42.6 Å². The van der Waals surface area contributed by atoms with E-state index in [4.69, 9.17) is 19.4 Å². The minimum Gasteiger partial charge on any atom is -0.460 e. The molecule has 2 heterocycles. The first-order chi connectivity index (χ1) is 15.5. The highest BCUT2D eigenvalue weighted by atomic mass is 16.5. The fourth-order valence-electron chi connectivity index (χ4n) is 4.02. The number of rotatable bonds is 7. The van der Waals surface area contributed by atoms with Gasteiger partial charge in [0.25, 0.3) is 0 Å². The molecule has 7 heteroatoms. The van der Waals surface area contributed by atoms with Gasteiger partial charge in [0.05, 0.1) is 11.7 Å². The van der Waals surface area contributed by atoms with Crippen LogP contribution in [0.4, 0.5) is 5.82 Å². The highest BCUT2D eigenvalue weighted by Crippen LogP contribution is 2.37. The topological polar surface area (TPSA) is 86.2 Å². The third-order valence-electron chi connectivity index (χ3n) is 5.56. The minimum atomic E-state index is -0.297. The van der Waals surface area contributed by atoms with E-state index in [1.807, 2.05) is 45.0 Å². The maximum atomic E-state index is 11.7. The number of hydrogen-bond acceptors (Lipinski definition) is 7. The van der Waals surface area contributed by atoms with Crippen molar-refractivity contribution in [2.24, 2.45) is 0 Å². The third kappa shape index (κ3) is 4.56. The van der Waals surface area contributed by atoms with E-state index in [9.17, 15) is 4.79 Å². The maximum Gasteiger partial charge on any atom is 0.302 e. The van der Waals surface area contributed by atoms with Crippen LogP contribution in [0.1, 0.15) is 54.9 Å². The molecule has 166 valence electrons. The first-order valence-electron chi connectivity index (χ1n) is 11.0. The van der Waals surface area contributed by atoms with E-state index in [1.165, 1.54) is 12.5 Å². The predicted molar refractivity (Wildman–Crippen MR) is 122 cm³/mol. The first-order valence-corrected chi connectivity index (χ1v) is 11.0. The molecular weight excluding hydrogens is 404 g/mol. The summed E-state index contributed by atoms with van der Waals surface area (Å²) in [5, 5.41) is 3.52. The number of benzene rings is 1. The monoisotopic (exact) mass is 432 g/mol. The lowest BCUT2D eigenvalue weighted by molar-refractivity contribution is -0.146. The van der Waals surface area contributed by atoms with Gasteiger partial charge in [-0.2, -0.15) is 0 Å². The second-order valence-electron chi connectivity index (χ2n) is 7.92. The number of hydrogen-bond donors (Lipinski definition) is 1. The average molecular weight is 433 g/mol. The molecule has 0 fully saturated rings. The van der Waals surface area contributed by atoms with E-state index in [-0.39, 0.29) is 18.1 Å². The van der Waals surface area contributed by atoms with Gasteiger partial charge >= 0.3 is 5.97 Å². The van der Waals surface area contributed by atoms with Gasteiger partial charge in [0.2, 0.25) is 11.8 Å². The van der Waals surface area contributed by atoms with E-state index < -0.39 is 0 Å². The van der Waals surface area contributed by atoms with Gasteiger partial charge in [0.15, 0.2) is 0 Å². The van der Waals surface area contributed by atoms with Crippen molar-refractivity contribution in [2.75, 3.05) is 5.32 Å². The molecule has 3 aromatic rings. The van der Waals surface area contributed by atoms with Crippen LogP contribution in [0.2, 0.25) is 0 Å². The number of aromatic nitrogens is 3. The normalized spacial score (nSPS) is 17.0. The predicted octanol–water partition coefficient (Wildman–Crippen LogP) is 4.74. The largest absolute Gasteiger partial charge is 0.460 e. The Kier molecular flexibility index (Phi) is 6.35. The molecule has 0 saturated carbocycles. The molecule has 0 amide bonds. The number of esters is 1. The second-order valence-corrected chi connectivity index (χ2v) is 7.92. The van der Waals surface area contributed by atoms with E-state index >= 15 is 0 Å². The summed E-state index contributed by atoms with van der Waals surface area (Å²) in [6, 6.07) is 11.7. The SMILES string of the molecule is CCc1nc(Oc2cc(C)ccn2)c(CC)nc1NC1c2ccccc2CC1OC(C)=O. The van der Waals surface area contributed by atoms with Crippen LogP contribution in [-0.4, -0.2) is 27.0 Å². The van der Waals surface area contributed by atoms with Crippen molar-refractivity contribution in [1.29, 1.82) is 0 Å². The van der Waals surface area contributed by atoms with Crippen LogP contribution < -0.4 is 10.1 Å². The fraction of sp³-hybridized carbons (Fsp3) is 0.360. The number of ether oxygens (including phenoxy) is 2. The minimum absolute atomic E-state index is 0.190. The van der Waals surface area contributed by atoms with Crippen molar-refractivity contribution in [3.05, 3.63) is 70.7 Å². The van der Waals surface area contributed by atoms with E-state index in [0.717, 1.165) is 22.5 Å². The summed E-state index contributed by atoms with van der Waals surface area (Å²) in [5.74, 6) is 1.36. The highest BCUT2D eigenvalue weighted by molar-refractivity contribution is 5.66. The van der Waals surface area contributed by atoms with Crippen LogP contribution in [0.5, 0.6) is 11.8 Å². The molecule has 4 rings (SSSR count). The Bertz CT molecular complexity index is 1130. The molecule has 7 nitrogen and oxygen atoms in total. The van der Waals surface area contributed by atoms with Gasteiger partial charge in [-0.1, -0.05) is 38.1 Å². The van der Waals surface area contributed by atoms with Gasteiger partial charge in [-0.3, -0.25) is 4.79 Å². The Morgan fingerprint density at radius 2 is 1.91 bits per heavy atom. The van der Waals surface area contributed by atoms with Crippen molar-refractivity contribution in [3.8, 4) is 11.8 Å². The molecule has 1 aliphatic rings. The standard InChI is InChI=1S/C25H28N4O3/c1-5-19-24(27-20(6-2)25(28-19)32-22-13-15(3)11-12-26-22)29-23-18-10-8-7-9-17(18)14-21(23)31-16(4)30/h7-13,21,23H,5-6,14H2,1-4H3,(H,27,29).